The van der Waals surface area contributed by atoms with Crippen LogP contribution in [0.2, 0.25) is 0 Å². The Bertz CT molecular complexity index is 1050. The maximum atomic E-state index is 15.2. The summed E-state index contributed by atoms with van der Waals surface area (Å²) < 4.78 is 27.6. The zero-order valence-corrected chi connectivity index (χ0v) is 16.5. The Morgan fingerprint density at radius 1 is 1.24 bits per heavy atom. The summed E-state index contributed by atoms with van der Waals surface area (Å²) in [5.74, 6) is -0.917. The quantitative estimate of drug-likeness (QED) is 0.716. The van der Waals surface area contributed by atoms with Crippen molar-refractivity contribution < 1.29 is 23.5 Å². The van der Waals surface area contributed by atoms with Gasteiger partial charge in [-0.3, -0.25) is 9.59 Å². The van der Waals surface area contributed by atoms with Gasteiger partial charge in [0.15, 0.2) is 11.6 Å². The molecule has 7 nitrogen and oxygen atoms in total. The number of hydrogen-bond acceptors (Lipinski definition) is 6. The summed E-state index contributed by atoms with van der Waals surface area (Å²) in [5.41, 5.74) is 0.0449. The Hall–Kier alpha value is -2.90. The SMILES string of the molecule is CCOC(=O)c1cn(C2CC2)c2c(OC)c(N3CCC(=O)CC3)c(F)cc2c1=O. The van der Waals surface area contributed by atoms with Crippen LogP contribution >= 0.6 is 0 Å². The molecule has 2 heterocycles. The topological polar surface area (TPSA) is 77.8 Å². The smallest absolute Gasteiger partial charge is 0.343 e. The van der Waals surface area contributed by atoms with Gasteiger partial charge in [0.1, 0.15) is 17.0 Å². The van der Waals surface area contributed by atoms with E-state index in [1.165, 1.54) is 19.4 Å². The molecule has 0 spiro atoms. The van der Waals surface area contributed by atoms with Crippen molar-refractivity contribution in [2.24, 2.45) is 0 Å². The lowest BCUT2D eigenvalue weighted by molar-refractivity contribution is -0.119. The third-order valence-electron chi connectivity index (χ3n) is 5.48. The van der Waals surface area contributed by atoms with Gasteiger partial charge in [-0.1, -0.05) is 0 Å². The first-order valence-electron chi connectivity index (χ1n) is 9.85. The molecule has 29 heavy (non-hydrogen) atoms. The minimum absolute atomic E-state index is 0.0913. The monoisotopic (exact) mass is 402 g/mol. The number of carbonyl (C=O) groups is 2. The molecule has 0 amide bonds. The number of aromatic nitrogens is 1. The number of halogens is 1. The Labute approximate surface area is 167 Å². The molecule has 2 aliphatic rings. The maximum absolute atomic E-state index is 15.2. The van der Waals surface area contributed by atoms with Gasteiger partial charge in [0, 0.05) is 38.2 Å². The molecule has 1 saturated carbocycles. The number of piperidine rings is 1. The number of methoxy groups -OCH3 is 1. The average Bonchev–Trinajstić information content (AvgIpc) is 3.54. The van der Waals surface area contributed by atoms with E-state index >= 15 is 4.39 Å². The molecule has 1 aromatic carbocycles. The van der Waals surface area contributed by atoms with E-state index in [1.54, 1.807) is 11.8 Å². The van der Waals surface area contributed by atoms with Crippen molar-refractivity contribution >= 4 is 28.3 Å². The highest BCUT2D eigenvalue weighted by Gasteiger charge is 2.32. The van der Waals surface area contributed by atoms with Crippen LogP contribution in [0.4, 0.5) is 10.1 Å². The second kappa shape index (κ2) is 7.50. The molecule has 0 bridgehead atoms. The summed E-state index contributed by atoms with van der Waals surface area (Å²) in [6.45, 7) is 2.60. The summed E-state index contributed by atoms with van der Waals surface area (Å²) in [6.07, 6.45) is 3.99. The van der Waals surface area contributed by atoms with Crippen molar-refractivity contribution in [3.8, 4) is 5.75 Å². The number of benzene rings is 1. The fourth-order valence-corrected chi connectivity index (χ4v) is 3.91. The minimum atomic E-state index is -0.716. The minimum Gasteiger partial charge on any atom is -0.492 e. The van der Waals surface area contributed by atoms with E-state index in [0.717, 1.165) is 12.8 Å². The lowest BCUT2D eigenvalue weighted by Crippen LogP contribution is -2.35. The predicted octanol–water partition coefficient (Wildman–Crippen LogP) is 2.83. The van der Waals surface area contributed by atoms with E-state index in [-0.39, 0.29) is 40.8 Å². The summed E-state index contributed by atoms with van der Waals surface area (Å²) in [7, 11) is 1.44. The highest BCUT2D eigenvalue weighted by molar-refractivity contribution is 5.98. The number of carbonyl (C=O) groups excluding carboxylic acids is 2. The number of pyridine rings is 1. The number of nitrogens with zero attached hydrogens (tertiary/aromatic N) is 2. The van der Waals surface area contributed by atoms with Crippen molar-refractivity contribution in [3.63, 3.8) is 0 Å². The molecule has 0 atom stereocenters. The molecule has 0 N–H and O–H groups in total. The van der Waals surface area contributed by atoms with Crippen molar-refractivity contribution in [2.75, 3.05) is 31.7 Å². The summed E-state index contributed by atoms with van der Waals surface area (Å²) >= 11 is 0. The van der Waals surface area contributed by atoms with Gasteiger partial charge in [-0.2, -0.15) is 0 Å². The molecule has 8 heteroatoms. The van der Waals surface area contributed by atoms with Crippen LogP contribution in [0.3, 0.4) is 0 Å². The normalized spacial score (nSPS) is 16.9. The Morgan fingerprint density at radius 2 is 1.93 bits per heavy atom. The third-order valence-corrected chi connectivity index (χ3v) is 5.48. The zero-order valence-electron chi connectivity index (χ0n) is 16.5. The lowest BCUT2D eigenvalue weighted by Gasteiger charge is -2.30. The number of fused-ring (bicyclic) bond motifs is 1. The van der Waals surface area contributed by atoms with E-state index in [4.69, 9.17) is 9.47 Å². The Morgan fingerprint density at radius 3 is 2.52 bits per heavy atom. The highest BCUT2D eigenvalue weighted by atomic mass is 19.1. The second-order valence-electron chi connectivity index (χ2n) is 7.39. The van der Waals surface area contributed by atoms with Crippen molar-refractivity contribution in [3.05, 3.63) is 33.9 Å². The zero-order chi connectivity index (χ0) is 20.7. The maximum Gasteiger partial charge on any atom is 0.343 e. The lowest BCUT2D eigenvalue weighted by atomic mass is 10.0. The highest BCUT2D eigenvalue weighted by Crippen LogP contribution is 2.44. The summed E-state index contributed by atoms with van der Waals surface area (Å²) in [6, 6.07) is 1.29. The third kappa shape index (κ3) is 3.36. The number of anilines is 1. The second-order valence-corrected chi connectivity index (χ2v) is 7.39. The number of hydrogen-bond donors (Lipinski definition) is 0. The van der Waals surface area contributed by atoms with Crippen LogP contribution in [-0.4, -0.2) is 43.1 Å². The van der Waals surface area contributed by atoms with E-state index in [1.807, 2.05) is 4.57 Å². The van der Waals surface area contributed by atoms with E-state index in [0.29, 0.717) is 31.4 Å². The van der Waals surface area contributed by atoms with Gasteiger partial charge in [0.2, 0.25) is 5.43 Å². The molecule has 0 radical (unpaired) electrons. The number of esters is 1. The van der Waals surface area contributed by atoms with Gasteiger partial charge in [0.25, 0.3) is 0 Å². The van der Waals surface area contributed by atoms with Crippen molar-refractivity contribution in [1.82, 2.24) is 4.57 Å². The Balaban J connectivity index is 1.97. The molecule has 0 unspecified atom stereocenters. The number of Topliss-reactive ketones (excluding diaryl/α,β-unsaturated/α-hetero) is 1. The van der Waals surface area contributed by atoms with Crippen LogP contribution in [0, 0.1) is 5.82 Å². The van der Waals surface area contributed by atoms with Crippen LogP contribution in [0.15, 0.2) is 17.1 Å². The van der Waals surface area contributed by atoms with E-state index in [2.05, 4.69) is 0 Å². The van der Waals surface area contributed by atoms with Gasteiger partial charge in [-0.25, -0.2) is 9.18 Å². The van der Waals surface area contributed by atoms with E-state index in [9.17, 15) is 14.4 Å². The van der Waals surface area contributed by atoms with Gasteiger partial charge in [-0.15, -0.1) is 0 Å². The fourth-order valence-electron chi connectivity index (χ4n) is 3.91. The van der Waals surface area contributed by atoms with Crippen LogP contribution < -0.4 is 15.1 Å². The van der Waals surface area contributed by atoms with Crippen molar-refractivity contribution in [1.29, 1.82) is 0 Å². The molecule has 4 rings (SSSR count). The molecule has 2 aromatic rings. The van der Waals surface area contributed by atoms with Gasteiger partial charge < -0.3 is 18.9 Å². The fraction of sp³-hybridized carbons (Fsp3) is 0.476. The molecular formula is C21H23FN2O5. The number of rotatable bonds is 5. The van der Waals surface area contributed by atoms with Crippen LogP contribution in [0.25, 0.3) is 10.9 Å². The molecule has 2 fully saturated rings. The first kappa shape index (κ1) is 19.4. The van der Waals surface area contributed by atoms with Crippen LogP contribution in [0.5, 0.6) is 5.75 Å². The molecule has 1 aromatic heterocycles. The summed E-state index contributed by atoms with van der Waals surface area (Å²) in [5, 5.41) is 0.0913. The standard InChI is InChI=1S/C21H23FN2O5/c1-3-29-21(27)15-11-24(12-4-5-12)17-14(19(15)26)10-16(22)18(20(17)28-2)23-8-6-13(25)7-9-23/h10-12H,3-9H2,1-2H3. The van der Waals surface area contributed by atoms with Crippen LogP contribution in [-0.2, 0) is 9.53 Å². The largest absolute Gasteiger partial charge is 0.492 e. The summed E-state index contributed by atoms with van der Waals surface area (Å²) in [4.78, 5) is 38.7. The van der Waals surface area contributed by atoms with Crippen LogP contribution in [0.1, 0.15) is 49.0 Å². The number of ether oxygens (including phenoxy) is 2. The molecule has 1 aliphatic heterocycles. The first-order valence-corrected chi connectivity index (χ1v) is 9.85. The van der Waals surface area contributed by atoms with E-state index < -0.39 is 17.2 Å². The molecule has 154 valence electrons. The predicted molar refractivity (Wildman–Crippen MR) is 105 cm³/mol. The molecular weight excluding hydrogens is 379 g/mol. The van der Waals surface area contributed by atoms with Crippen molar-refractivity contribution in [2.45, 2.75) is 38.6 Å². The Kier molecular flexibility index (Phi) is 5.02. The van der Waals surface area contributed by atoms with Gasteiger partial charge in [0.05, 0.1) is 24.6 Å². The average molecular weight is 402 g/mol. The van der Waals surface area contributed by atoms with Gasteiger partial charge in [-0.05, 0) is 25.8 Å². The molecule has 1 aliphatic carbocycles. The van der Waals surface area contributed by atoms with Gasteiger partial charge >= 0.3 is 5.97 Å². The first-order chi connectivity index (χ1) is 14.0. The number of ketones is 1. The molecule has 1 saturated heterocycles.